The van der Waals surface area contributed by atoms with E-state index in [0.29, 0.717) is 27.8 Å². The van der Waals surface area contributed by atoms with Crippen LogP contribution in [0.3, 0.4) is 0 Å². The molecule has 3 rings (SSSR count). The maximum Gasteiger partial charge on any atom is 0.435 e. The fourth-order valence-corrected chi connectivity index (χ4v) is 2.97. The van der Waals surface area contributed by atoms with Gasteiger partial charge in [0.25, 0.3) is 0 Å². The zero-order valence-corrected chi connectivity index (χ0v) is 14.1. The van der Waals surface area contributed by atoms with Gasteiger partial charge < -0.3 is 4.55 Å². The van der Waals surface area contributed by atoms with Crippen molar-refractivity contribution in [1.29, 1.82) is 0 Å². The van der Waals surface area contributed by atoms with Gasteiger partial charge in [0.05, 0.1) is 22.7 Å². The monoisotopic (exact) mass is 367 g/mol. The number of allylic oxidation sites excluding steroid dienone is 4. The van der Waals surface area contributed by atoms with Crippen molar-refractivity contribution in [1.82, 2.24) is 9.78 Å². The molecule has 0 fully saturated rings. The molecule has 2 atom stereocenters. The predicted octanol–water partition coefficient (Wildman–Crippen LogP) is 3.85. The number of nitrogens with zero attached hydrogens (tertiary/aromatic N) is 2. The molecule has 1 heterocycles. The number of halogens is 3. The molecule has 2 unspecified atom stereocenters. The number of aromatic nitrogens is 2. The molecule has 0 bridgehead atoms. The number of alkyl halides is 3. The molecular weight excluding hydrogens is 351 g/mol. The van der Waals surface area contributed by atoms with Crippen LogP contribution in [0.4, 0.5) is 13.2 Å². The Labute approximate surface area is 146 Å². The molecule has 8 heteroatoms. The second-order valence-corrected chi connectivity index (χ2v) is 6.91. The van der Waals surface area contributed by atoms with Crippen molar-refractivity contribution >= 4 is 16.9 Å². The number of benzene rings is 1. The molecule has 1 aromatic carbocycles. The molecule has 132 valence electrons. The van der Waals surface area contributed by atoms with Crippen LogP contribution in [0, 0.1) is 5.92 Å². The van der Waals surface area contributed by atoms with E-state index in [9.17, 15) is 17.7 Å². The average Bonchev–Trinajstić information content (AvgIpc) is 3.01. The summed E-state index contributed by atoms with van der Waals surface area (Å²) in [5, 5.41) is 9.04. The van der Waals surface area contributed by atoms with Gasteiger partial charge in [0.2, 0.25) is 0 Å². The Kier molecular flexibility index (Phi) is 4.77. The summed E-state index contributed by atoms with van der Waals surface area (Å²) in [6.45, 7) is 2.04. The lowest BCUT2D eigenvalue weighted by Crippen LogP contribution is -2.12. The Hall–Kier alpha value is -2.03. The molecule has 0 amide bonds. The van der Waals surface area contributed by atoms with Crippen LogP contribution in [0.25, 0.3) is 11.3 Å². The van der Waals surface area contributed by atoms with Crippen molar-refractivity contribution in [2.24, 2.45) is 11.1 Å². The largest absolute Gasteiger partial charge is 0.593 e. The molecule has 0 radical (unpaired) electrons. The van der Waals surface area contributed by atoms with Crippen molar-refractivity contribution in [3.05, 3.63) is 59.9 Å². The Morgan fingerprint density at radius 1 is 1.28 bits per heavy atom. The van der Waals surface area contributed by atoms with Crippen LogP contribution < -0.4 is 5.14 Å². The van der Waals surface area contributed by atoms with Crippen molar-refractivity contribution < 1.29 is 17.7 Å². The van der Waals surface area contributed by atoms with Gasteiger partial charge in [-0.15, -0.1) is 5.14 Å². The first kappa shape index (κ1) is 17.8. The van der Waals surface area contributed by atoms with Crippen molar-refractivity contribution in [3.8, 4) is 5.69 Å². The molecule has 4 nitrogen and oxygen atoms in total. The molecule has 2 aromatic rings. The second kappa shape index (κ2) is 6.70. The summed E-state index contributed by atoms with van der Waals surface area (Å²) >= 11 is -1.65. The van der Waals surface area contributed by atoms with E-state index >= 15 is 0 Å². The van der Waals surface area contributed by atoms with Gasteiger partial charge in [-0.25, -0.2) is 4.68 Å². The van der Waals surface area contributed by atoms with Gasteiger partial charge in [0.1, 0.15) is 0 Å². The number of nitrogens with two attached hydrogens (primary N) is 1. The van der Waals surface area contributed by atoms with Crippen molar-refractivity contribution in [3.63, 3.8) is 0 Å². The highest BCUT2D eigenvalue weighted by molar-refractivity contribution is 7.89. The van der Waals surface area contributed by atoms with Gasteiger partial charge >= 0.3 is 6.18 Å². The Balaban J connectivity index is 2.08. The maximum atomic E-state index is 13.1. The molecule has 0 saturated carbocycles. The normalized spacial score (nSPS) is 19.0. The van der Waals surface area contributed by atoms with Crippen LogP contribution in [0.15, 0.2) is 53.5 Å². The fourth-order valence-electron chi connectivity index (χ4n) is 2.56. The molecule has 0 spiro atoms. The Morgan fingerprint density at radius 3 is 2.48 bits per heavy atom. The van der Waals surface area contributed by atoms with E-state index in [0.717, 1.165) is 12.5 Å². The van der Waals surface area contributed by atoms with E-state index < -0.39 is 23.2 Å². The number of rotatable bonds is 3. The zero-order valence-electron chi connectivity index (χ0n) is 13.3. The first-order valence-electron chi connectivity index (χ1n) is 7.58. The molecule has 1 aliphatic carbocycles. The fraction of sp³-hybridized carbons (Fsp3) is 0.235. The summed E-state index contributed by atoms with van der Waals surface area (Å²) in [6.07, 6.45) is 1.89. The summed E-state index contributed by atoms with van der Waals surface area (Å²) in [6, 6.07) is 7.16. The topological polar surface area (TPSA) is 66.9 Å². The van der Waals surface area contributed by atoms with Gasteiger partial charge in [-0.1, -0.05) is 25.2 Å². The first-order valence-corrected chi connectivity index (χ1v) is 8.79. The number of hydrogen-bond donors (Lipinski definition) is 1. The highest BCUT2D eigenvalue weighted by atomic mass is 32.2. The van der Waals surface area contributed by atoms with E-state index in [1.54, 1.807) is 12.1 Å². The van der Waals surface area contributed by atoms with E-state index in [1.807, 2.05) is 25.2 Å². The van der Waals surface area contributed by atoms with E-state index in [-0.39, 0.29) is 0 Å². The first-order chi connectivity index (χ1) is 11.8. The van der Waals surface area contributed by atoms with Crippen molar-refractivity contribution in [2.45, 2.75) is 24.4 Å². The third-order valence-corrected chi connectivity index (χ3v) is 4.66. The average molecular weight is 367 g/mol. The van der Waals surface area contributed by atoms with Crippen LogP contribution in [-0.4, -0.2) is 14.3 Å². The van der Waals surface area contributed by atoms with Crippen LogP contribution in [-0.2, 0) is 17.5 Å². The second-order valence-electron chi connectivity index (χ2n) is 5.85. The Bertz CT molecular complexity index is 823. The number of hydrogen-bond acceptors (Lipinski definition) is 3. The molecule has 0 saturated heterocycles. The van der Waals surface area contributed by atoms with Crippen LogP contribution in [0.5, 0.6) is 0 Å². The lowest BCUT2D eigenvalue weighted by atomic mass is 9.96. The van der Waals surface area contributed by atoms with E-state index in [2.05, 4.69) is 5.10 Å². The quantitative estimate of drug-likeness (QED) is 0.838. The summed E-state index contributed by atoms with van der Waals surface area (Å²) in [5.74, 6) is 0.348. The van der Waals surface area contributed by atoms with Gasteiger partial charge in [-0.2, -0.15) is 18.3 Å². The molecule has 2 N–H and O–H groups in total. The van der Waals surface area contributed by atoms with Crippen LogP contribution in [0.2, 0.25) is 0 Å². The lowest BCUT2D eigenvalue weighted by molar-refractivity contribution is -0.141. The minimum absolute atomic E-state index is 0.348. The summed E-state index contributed by atoms with van der Waals surface area (Å²) in [7, 11) is 0. The third-order valence-electron chi connectivity index (χ3n) is 3.92. The predicted molar refractivity (Wildman–Crippen MR) is 90.1 cm³/mol. The zero-order chi connectivity index (χ0) is 18.2. The maximum absolute atomic E-state index is 13.1. The third kappa shape index (κ3) is 3.81. The Morgan fingerprint density at radius 2 is 1.96 bits per heavy atom. The molecule has 1 aromatic heterocycles. The minimum Gasteiger partial charge on any atom is -0.593 e. The van der Waals surface area contributed by atoms with Crippen molar-refractivity contribution in [2.75, 3.05) is 0 Å². The van der Waals surface area contributed by atoms with Crippen LogP contribution in [0.1, 0.15) is 24.7 Å². The van der Waals surface area contributed by atoms with Gasteiger partial charge in [-0.3, -0.25) is 0 Å². The minimum atomic E-state index is -4.54. The van der Waals surface area contributed by atoms with E-state index in [4.69, 9.17) is 5.14 Å². The van der Waals surface area contributed by atoms with E-state index in [1.165, 1.54) is 16.8 Å². The molecule has 0 aliphatic heterocycles. The highest BCUT2D eigenvalue weighted by Crippen LogP contribution is 2.33. The smallest absolute Gasteiger partial charge is 0.435 e. The molecule has 25 heavy (non-hydrogen) atoms. The lowest BCUT2D eigenvalue weighted by Gasteiger charge is -2.13. The summed E-state index contributed by atoms with van der Waals surface area (Å²) in [4.78, 5) is 0.388. The standard InChI is InChI=1S/C17H16F3N3OS/c1-11-2-4-12(5-3-11)15-10-16(17(18,19)20)22-23(15)13-6-8-14(9-7-13)25(21)24/h2,4-11H,3,21H2,1H3. The van der Waals surface area contributed by atoms with Crippen LogP contribution >= 0.6 is 0 Å². The summed E-state index contributed by atoms with van der Waals surface area (Å²) in [5.41, 5.74) is 0.527. The van der Waals surface area contributed by atoms with Gasteiger partial charge in [0.15, 0.2) is 10.6 Å². The van der Waals surface area contributed by atoms with Gasteiger partial charge in [0, 0.05) is 0 Å². The summed E-state index contributed by atoms with van der Waals surface area (Å²) < 4.78 is 51.9. The molecule has 1 aliphatic rings. The van der Waals surface area contributed by atoms with Gasteiger partial charge in [-0.05, 0) is 48.2 Å². The highest BCUT2D eigenvalue weighted by Gasteiger charge is 2.35. The SMILES string of the molecule is CC1C=CC(c2cc(C(F)(F)F)nn2-c2ccc([S+](N)[O-])cc2)=CC1. The molecular formula is C17H16F3N3OS.